The number of rotatable bonds is 9. The Balaban J connectivity index is 1.85. The van der Waals surface area contributed by atoms with Gasteiger partial charge in [0.25, 0.3) is 0 Å². The zero-order valence-corrected chi connectivity index (χ0v) is 16.5. The summed E-state index contributed by atoms with van der Waals surface area (Å²) in [6.45, 7) is 3.61. The van der Waals surface area contributed by atoms with Gasteiger partial charge in [0, 0.05) is 32.5 Å². The summed E-state index contributed by atoms with van der Waals surface area (Å²) in [6.07, 6.45) is 3.24. The number of aromatic nitrogens is 1. The van der Waals surface area contributed by atoms with Crippen LogP contribution in [-0.4, -0.2) is 50.8 Å². The number of methoxy groups -OCH3 is 1. The Labute approximate surface area is 165 Å². The Bertz CT molecular complexity index is 781. The first-order chi connectivity index (χ1) is 13.6. The summed E-state index contributed by atoms with van der Waals surface area (Å²) in [7, 11) is 3.29. The summed E-state index contributed by atoms with van der Waals surface area (Å²) in [5.74, 6) is 1.13. The van der Waals surface area contributed by atoms with Gasteiger partial charge in [-0.2, -0.15) is 0 Å². The molecule has 1 heterocycles. The molecular formula is C20H27N5O3. The lowest BCUT2D eigenvalue weighted by Crippen LogP contribution is -2.41. The van der Waals surface area contributed by atoms with Crippen molar-refractivity contribution in [3.05, 3.63) is 53.9 Å². The van der Waals surface area contributed by atoms with Crippen molar-refractivity contribution in [3.8, 4) is 5.75 Å². The molecule has 28 heavy (non-hydrogen) atoms. The van der Waals surface area contributed by atoms with E-state index in [1.807, 2.05) is 25.1 Å². The molecule has 0 fully saturated rings. The molecule has 2 rings (SSSR count). The van der Waals surface area contributed by atoms with E-state index >= 15 is 0 Å². The molecule has 1 aromatic heterocycles. The van der Waals surface area contributed by atoms with Crippen LogP contribution in [-0.2, 0) is 16.1 Å². The first-order valence-corrected chi connectivity index (χ1v) is 8.98. The van der Waals surface area contributed by atoms with E-state index in [1.165, 1.54) is 0 Å². The SMILES string of the molecule is CN=C(NCC(=O)Nc1cccnc1)NCc1ccc(C)cc1OCCOC. The Morgan fingerprint density at radius 2 is 2.07 bits per heavy atom. The molecule has 8 nitrogen and oxygen atoms in total. The standard InChI is InChI=1S/C20H27N5O3/c1-15-6-7-16(18(11-15)28-10-9-27-3)12-23-20(21-2)24-14-19(26)25-17-5-4-8-22-13-17/h4-8,11,13H,9-10,12,14H2,1-3H3,(H,25,26)(H2,21,23,24). The lowest BCUT2D eigenvalue weighted by atomic mass is 10.1. The van der Waals surface area contributed by atoms with Crippen LogP contribution >= 0.6 is 0 Å². The third kappa shape index (κ3) is 7.24. The van der Waals surface area contributed by atoms with Crippen molar-refractivity contribution in [2.45, 2.75) is 13.5 Å². The largest absolute Gasteiger partial charge is 0.491 e. The molecule has 0 saturated carbocycles. The van der Waals surface area contributed by atoms with Gasteiger partial charge < -0.3 is 25.4 Å². The van der Waals surface area contributed by atoms with Crippen LogP contribution in [0.5, 0.6) is 5.75 Å². The Kier molecular flexibility index (Phi) is 8.74. The molecule has 150 valence electrons. The van der Waals surface area contributed by atoms with Crippen molar-refractivity contribution in [2.24, 2.45) is 4.99 Å². The monoisotopic (exact) mass is 385 g/mol. The first-order valence-electron chi connectivity index (χ1n) is 8.98. The van der Waals surface area contributed by atoms with Gasteiger partial charge in [0.2, 0.25) is 5.91 Å². The molecule has 0 aliphatic carbocycles. The summed E-state index contributed by atoms with van der Waals surface area (Å²) in [5, 5.41) is 8.94. The minimum atomic E-state index is -0.185. The number of carbonyl (C=O) groups excluding carboxylic acids is 1. The number of amides is 1. The van der Waals surface area contributed by atoms with Crippen LogP contribution in [0.25, 0.3) is 0 Å². The van der Waals surface area contributed by atoms with Crippen LogP contribution in [0.4, 0.5) is 5.69 Å². The van der Waals surface area contributed by atoms with E-state index in [0.29, 0.717) is 31.4 Å². The zero-order chi connectivity index (χ0) is 20.2. The molecule has 0 spiro atoms. The number of carbonyl (C=O) groups is 1. The van der Waals surface area contributed by atoms with Gasteiger partial charge in [0.15, 0.2) is 5.96 Å². The number of hydrogen-bond donors (Lipinski definition) is 3. The average molecular weight is 385 g/mol. The minimum Gasteiger partial charge on any atom is -0.491 e. The van der Waals surface area contributed by atoms with Crippen molar-refractivity contribution >= 4 is 17.6 Å². The van der Waals surface area contributed by atoms with Crippen molar-refractivity contribution in [1.29, 1.82) is 0 Å². The van der Waals surface area contributed by atoms with E-state index in [9.17, 15) is 4.79 Å². The second kappa shape index (κ2) is 11.6. The maximum atomic E-state index is 12.0. The van der Waals surface area contributed by atoms with Gasteiger partial charge in [0.05, 0.1) is 25.0 Å². The summed E-state index contributed by atoms with van der Waals surface area (Å²) in [4.78, 5) is 20.1. The highest BCUT2D eigenvalue weighted by Crippen LogP contribution is 2.20. The predicted molar refractivity (Wildman–Crippen MR) is 110 cm³/mol. The molecule has 1 amide bonds. The van der Waals surface area contributed by atoms with Gasteiger partial charge in [-0.15, -0.1) is 0 Å². The lowest BCUT2D eigenvalue weighted by molar-refractivity contribution is -0.115. The molecule has 0 bridgehead atoms. The predicted octanol–water partition coefficient (Wildman–Crippen LogP) is 1.72. The first kappa shape index (κ1) is 21.2. The van der Waals surface area contributed by atoms with Crippen LogP contribution < -0.4 is 20.7 Å². The second-order valence-corrected chi connectivity index (χ2v) is 6.02. The quantitative estimate of drug-likeness (QED) is 0.346. The number of anilines is 1. The van der Waals surface area contributed by atoms with Gasteiger partial charge in [-0.1, -0.05) is 12.1 Å². The molecule has 0 saturated heterocycles. The van der Waals surface area contributed by atoms with Gasteiger partial charge in [-0.25, -0.2) is 0 Å². The van der Waals surface area contributed by atoms with E-state index in [4.69, 9.17) is 9.47 Å². The molecule has 0 atom stereocenters. The fraction of sp³-hybridized carbons (Fsp3) is 0.350. The Morgan fingerprint density at radius 3 is 2.79 bits per heavy atom. The van der Waals surface area contributed by atoms with Gasteiger partial charge in [0.1, 0.15) is 12.4 Å². The fourth-order valence-electron chi connectivity index (χ4n) is 2.38. The summed E-state index contributed by atoms with van der Waals surface area (Å²) < 4.78 is 10.8. The van der Waals surface area contributed by atoms with Gasteiger partial charge in [-0.3, -0.25) is 14.8 Å². The number of ether oxygens (including phenoxy) is 2. The number of nitrogens with one attached hydrogen (secondary N) is 3. The highest BCUT2D eigenvalue weighted by molar-refractivity contribution is 5.94. The molecule has 0 radical (unpaired) electrons. The second-order valence-electron chi connectivity index (χ2n) is 6.02. The zero-order valence-electron chi connectivity index (χ0n) is 16.5. The smallest absolute Gasteiger partial charge is 0.243 e. The van der Waals surface area contributed by atoms with E-state index in [1.54, 1.807) is 38.7 Å². The van der Waals surface area contributed by atoms with Crippen molar-refractivity contribution in [3.63, 3.8) is 0 Å². The Hall–Kier alpha value is -3.13. The third-order valence-electron chi connectivity index (χ3n) is 3.80. The molecule has 1 aromatic carbocycles. The summed E-state index contributed by atoms with van der Waals surface area (Å²) in [5.41, 5.74) is 2.75. The maximum absolute atomic E-state index is 12.0. The summed E-state index contributed by atoms with van der Waals surface area (Å²) >= 11 is 0. The molecule has 0 aliphatic rings. The number of pyridine rings is 1. The highest BCUT2D eigenvalue weighted by Gasteiger charge is 2.08. The number of aryl methyl sites for hydroxylation is 1. The average Bonchev–Trinajstić information content (AvgIpc) is 2.70. The van der Waals surface area contributed by atoms with Crippen LogP contribution in [0.15, 0.2) is 47.7 Å². The van der Waals surface area contributed by atoms with Crippen molar-refractivity contribution < 1.29 is 14.3 Å². The van der Waals surface area contributed by atoms with E-state index in [-0.39, 0.29) is 12.5 Å². The van der Waals surface area contributed by atoms with Crippen LogP contribution in [0, 0.1) is 6.92 Å². The normalized spacial score (nSPS) is 11.0. The number of nitrogens with zero attached hydrogens (tertiary/aromatic N) is 2. The van der Waals surface area contributed by atoms with Crippen LogP contribution in [0.1, 0.15) is 11.1 Å². The van der Waals surface area contributed by atoms with Crippen molar-refractivity contribution in [1.82, 2.24) is 15.6 Å². The lowest BCUT2D eigenvalue weighted by Gasteiger charge is -2.15. The molecule has 8 heteroatoms. The number of aliphatic imine (C=N–C) groups is 1. The molecule has 0 unspecified atom stereocenters. The topological polar surface area (TPSA) is 96.9 Å². The third-order valence-corrected chi connectivity index (χ3v) is 3.80. The minimum absolute atomic E-state index is 0.0830. The Morgan fingerprint density at radius 1 is 1.21 bits per heavy atom. The van der Waals surface area contributed by atoms with E-state index < -0.39 is 0 Å². The molecule has 0 aliphatic heterocycles. The summed E-state index contributed by atoms with van der Waals surface area (Å²) in [6, 6.07) is 9.56. The maximum Gasteiger partial charge on any atom is 0.243 e. The van der Waals surface area contributed by atoms with Gasteiger partial charge in [-0.05, 0) is 30.7 Å². The molecule has 3 N–H and O–H groups in total. The molecule has 2 aromatic rings. The van der Waals surface area contributed by atoms with Crippen LogP contribution in [0.3, 0.4) is 0 Å². The van der Waals surface area contributed by atoms with E-state index in [2.05, 4.69) is 25.9 Å². The number of guanidine groups is 1. The number of hydrogen-bond acceptors (Lipinski definition) is 5. The van der Waals surface area contributed by atoms with Crippen LogP contribution in [0.2, 0.25) is 0 Å². The van der Waals surface area contributed by atoms with Crippen molar-refractivity contribution in [2.75, 3.05) is 39.2 Å². The fourth-order valence-corrected chi connectivity index (χ4v) is 2.38. The number of benzene rings is 1. The van der Waals surface area contributed by atoms with Gasteiger partial charge >= 0.3 is 0 Å². The highest BCUT2D eigenvalue weighted by atomic mass is 16.5. The van der Waals surface area contributed by atoms with E-state index in [0.717, 1.165) is 16.9 Å². The molecular weight excluding hydrogens is 358 g/mol.